The molecule has 1 amide bonds. The summed E-state index contributed by atoms with van der Waals surface area (Å²) in [6.07, 6.45) is -0.773. The van der Waals surface area contributed by atoms with E-state index >= 15 is 0 Å². The maximum atomic E-state index is 12.8. The van der Waals surface area contributed by atoms with Crippen LogP contribution >= 0.6 is 0 Å². The molecule has 5 nitrogen and oxygen atoms in total. The summed E-state index contributed by atoms with van der Waals surface area (Å²) in [7, 11) is 1.26. The Hall–Kier alpha value is -2.11. The first-order chi connectivity index (χ1) is 9.47. The van der Waals surface area contributed by atoms with Gasteiger partial charge in [0.25, 0.3) is 5.91 Å². The van der Waals surface area contributed by atoms with Crippen LogP contribution in [0.5, 0.6) is 5.75 Å². The Balaban J connectivity index is 2.64. The molecule has 1 rings (SSSR count). The maximum Gasteiger partial charge on any atom is 0.325 e. The number of ether oxygens (including phenoxy) is 2. The number of benzene rings is 1. The minimum absolute atomic E-state index is 0.122. The van der Waals surface area contributed by atoms with Gasteiger partial charge in [0.1, 0.15) is 18.1 Å². The van der Waals surface area contributed by atoms with Gasteiger partial charge in [-0.05, 0) is 38.1 Å². The fourth-order valence-corrected chi connectivity index (χ4v) is 1.59. The molecule has 6 heteroatoms. The van der Waals surface area contributed by atoms with E-state index in [1.165, 1.54) is 36.3 Å². The van der Waals surface area contributed by atoms with Crippen molar-refractivity contribution in [3.63, 3.8) is 0 Å². The predicted molar refractivity (Wildman–Crippen MR) is 70.8 cm³/mol. The van der Waals surface area contributed by atoms with Crippen LogP contribution in [-0.4, -0.2) is 43.1 Å². The Morgan fingerprint density at radius 3 is 2.40 bits per heavy atom. The molecular weight excluding hydrogens is 265 g/mol. The van der Waals surface area contributed by atoms with Crippen molar-refractivity contribution < 1.29 is 23.5 Å². The number of esters is 1. The molecule has 0 aliphatic carbocycles. The number of hydrogen-bond donors (Lipinski definition) is 0. The number of likely N-dealkylation sites (N-methyl/N-ethyl adjacent to an activating group) is 1. The molecular formula is C14H18FNO4. The van der Waals surface area contributed by atoms with Crippen LogP contribution in [0, 0.1) is 5.82 Å². The van der Waals surface area contributed by atoms with E-state index in [0.29, 0.717) is 12.3 Å². The molecule has 0 aliphatic heterocycles. The summed E-state index contributed by atoms with van der Waals surface area (Å²) in [5.74, 6) is -0.810. The van der Waals surface area contributed by atoms with Gasteiger partial charge in [-0.15, -0.1) is 0 Å². The summed E-state index contributed by atoms with van der Waals surface area (Å²) in [6, 6.07) is 5.38. The zero-order valence-electron chi connectivity index (χ0n) is 11.8. The van der Waals surface area contributed by atoms with Crippen molar-refractivity contribution in [1.29, 1.82) is 0 Å². The van der Waals surface area contributed by atoms with Crippen molar-refractivity contribution in [2.45, 2.75) is 20.0 Å². The topological polar surface area (TPSA) is 55.8 Å². The highest BCUT2D eigenvalue weighted by Crippen LogP contribution is 2.14. The molecule has 0 bridgehead atoms. The van der Waals surface area contributed by atoms with E-state index in [4.69, 9.17) is 4.74 Å². The van der Waals surface area contributed by atoms with Crippen molar-refractivity contribution >= 4 is 11.9 Å². The molecule has 0 aliphatic rings. The van der Waals surface area contributed by atoms with Gasteiger partial charge in [0.15, 0.2) is 6.10 Å². The minimum atomic E-state index is -0.773. The number of halogens is 1. The van der Waals surface area contributed by atoms with Crippen LogP contribution in [0.25, 0.3) is 0 Å². The molecule has 0 radical (unpaired) electrons. The number of carbonyl (C=O) groups is 2. The van der Waals surface area contributed by atoms with Crippen molar-refractivity contribution in [3.05, 3.63) is 30.1 Å². The second kappa shape index (κ2) is 7.47. The number of amides is 1. The second-order valence-electron chi connectivity index (χ2n) is 4.14. The SMILES string of the molecule is CCN(CC(=O)OC)C(=O)C(C)Oc1ccc(F)cc1. The molecule has 1 aromatic rings. The van der Waals surface area contributed by atoms with Gasteiger partial charge in [-0.3, -0.25) is 9.59 Å². The molecule has 0 fully saturated rings. The van der Waals surface area contributed by atoms with Crippen LogP contribution in [0.1, 0.15) is 13.8 Å². The number of carbonyl (C=O) groups excluding carboxylic acids is 2. The summed E-state index contributed by atoms with van der Waals surface area (Å²) < 4.78 is 22.7. The maximum absolute atomic E-state index is 12.8. The van der Waals surface area contributed by atoms with Gasteiger partial charge < -0.3 is 14.4 Å². The van der Waals surface area contributed by atoms with Crippen LogP contribution in [-0.2, 0) is 14.3 Å². The Labute approximate surface area is 117 Å². The molecule has 0 saturated heterocycles. The molecule has 20 heavy (non-hydrogen) atoms. The van der Waals surface area contributed by atoms with Crippen LogP contribution in [0.15, 0.2) is 24.3 Å². The Kier molecular flexibility index (Phi) is 5.96. The number of nitrogens with zero attached hydrogens (tertiary/aromatic N) is 1. The third-order valence-electron chi connectivity index (χ3n) is 2.72. The smallest absolute Gasteiger partial charge is 0.325 e. The van der Waals surface area contributed by atoms with Crippen LogP contribution < -0.4 is 4.74 Å². The Morgan fingerprint density at radius 2 is 1.90 bits per heavy atom. The molecule has 0 heterocycles. The minimum Gasteiger partial charge on any atom is -0.481 e. The van der Waals surface area contributed by atoms with Crippen molar-refractivity contribution in [3.8, 4) is 5.75 Å². The van der Waals surface area contributed by atoms with Crippen LogP contribution in [0.2, 0.25) is 0 Å². The van der Waals surface area contributed by atoms with Gasteiger partial charge in [0.2, 0.25) is 0 Å². The van der Waals surface area contributed by atoms with Gasteiger partial charge in [-0.2, -0.15) is 0 Å². The van der Waals surface area contributed by atoms with E-state index in [-0.39, 0.29) is 18.3 Å². The molecule has 1 unspecified atom stereocenters. The Morgan fingerprint density at radius 1 is 1.30 bits per heavy atom. The summed E-state index contributed by atoms with van der Waals surface area (Å²) in [6.45, 7) is 3.57. The van der Waals surface area contributed by atoms with Gasteiger partial charge in [-0.25, -0.2) is 4.39 Å². The van der Waals surface area contributed by atoms with Crippen LogP contribution in [0.3, 0.4) is 0 Å². The highest BCUT2D eigenvalue weighted by Gasteiger charge is 2.23. The Bertz CT molecular complexity index is 461. The van der Waals surface area contributed by atoms with Gasteiger partial charge in [0.05, 0.1) is 7.11 Å². The normalized spacial score (nSPS) is 11.6. The third-order valence-corrected chi connectivity index (χ3v) is 2.72. The van der Waals surface area contributed by atoms with E-state index in [2.05, 4.69) is 4.74 Å². The highest BCUT2D eigenvalue weighted by molar-refractivity contribution is 5.85. The molecule has 0 saturated carbocycles. The average Bonchev–Trinajstić information content (AvgIpc) is 2.46. The fourth-order valence-electron chi connectivity index (χ4n) is 1.59. The fraction of sp³-hybridized carbons (Fsp3) is 0.429. The average molecular weight is 283 g/mol. The van der Waals surface area contributed by atoms with Gasteiger partial charge >= 0.3 is 5.97 Å². The molecule has 0 N–H and O–H groups in total. The molecule has 1 atom stereocenters. The van der Waals surface area contributed by atoms with E-state index in [1.54, 1.807) is 13.8 Å². The molecule has 0 spiro atoms. The largest absolute Gasteiger partial charge is 0.481 e. The lowest BCUT2D eigenvalue weighted by atomic mass is 10.3. The lowest BCUT2D eigenvalue weighted by molar-refractivity contribution is -0.149. The third kappa shape index (κ3) is 4.53. The van der Waals surface area contributed by atoms with Gasteiger partial charge in [-0.1, -0.05) is 0 Å². The highest BCUT2D eigenvalue weighted by atomic mass is 19.1. The first-order valence-electron chi connectivity index (χ1n) is 6.25. The molecule has 110 valence electrons. The monoisotopic (exact) mass is 283 g/mol. The number of hydrogen-bond acceptors (Lipinski definition) is 4. The summed E-state index contributed by atoms with van der Waals surface area (Å²) in [5, 5.41) is 0. The first kappa shape index (κ1) is 15.9. The quantitative estimate of drug-likeness (QED) is 0.744. The number of methoxy groups -OCH3 is 1. The summed E-state index contributed by atoms with van der Waals surface area (Å²) in [5.41, 5.74) is 0. The van der Waals surface area contributed by atoms with E-state index in [0.717, 1.165) is 0 Å². The zero-order valence-corrected chi connectivity index (χ0v) is 11.8. The summed E-state index contributed by atoms with van der Waals surface area (Å²) >= 11 is 0. The second-order valence-corrected chi connectivity index (χ2v) is 4.14. The zero-order chi connectivity index (χ0) is 15.1. The van der Waals surface area contributed by atoms with Crippen molar-refractivity contribution in [2.24, 2.45) is 0 Å². The van der Waals surface area contributed by atoms with Crippen molar-refractivity contribution in [1.82, 2.24) is 4.90 Å². The standard InChI is InChI=1S/C14H18FNO4/c1-4-16(9-13(17)19-3)14(18)10(2)20-12-7-5-11(15)6-8-12/h5-8,10H,4,9H2,1-3H3. The van der Waals surface area contributed by atoms with Crippen LogP contribution in [0.4, 0.5) is 4.39 Å². The van der Waals surface area contributed by atoms with E-state index in [1.807, 2.05) is 0 Å². The molecule has 0 aromatic heterocycles. The van der Waals surface area contributed by atoms with Crippen molar-refractivity contribution in [2.75, 3.05) is 20.2 Å². The van der Waals surface area contributed by atoms with E-state index in [9.17, 15) is 14.0 Å². The first-order valence-corrected chi connectivity index (χ1v) is 6.25. The molecule has 1 aromatic carbocycles. The summed E-state index contributed by atoms with van der Waals surface area (Å²) in [4.78, 5) is 24.7. The predicted octanol–water partition coefficient (Wildman–Crippen LogP) is 1.61. The van der Waals surface area contributed by atoms with Gasteiger partial charge in [0, 0.05) is 6.54 Å². The lowest BCUT2D eigenvalue weighted by Gasteiger charge is -2.23. The van der Waals surface area contributed by atoms with E-state index < -0.39 is 12.1 Å². The number of rotatable bonds is 6. The lowest BCUT2D eigenvalue weighted by Crippen LogP contribution is -2.43.